The van der Waals surface area contributed by atoms with Crippen molar-refractivity contribution in [1.29, 1.82) is 0 Å². The number of nitrogens with zero attached hydrogens (tertiary/aromatic N) is 1. The van der Waals surface area contributed by atoms with Gasteiger partial charge in [-0.05, 0) is 31.2 Å². The van der Waals surface area contributed by atoms with Crippen molar-refractivity contribution in [3.8, 4) is 5.75 Å². The third-order valence-corrected chi connectivity index (χ3v) is 3.19. The maximum atomic E-state index is 11.0. The first-order valence-corrected chi connectivity index (χ1v) is 6.53. The van der Waals surface area contributed by atoms with Crippen molar-refractivity contribution in [2.45, 2.75) is 32.1 Å². The van der Waals surface area contributed by atoms with E-state index in [1.165, 1.54) is 6.07 Å². The highest BCUT2D eigenvalue weighted by Gasteiger charge is 2.31. The first-order chi connectivity index (χ1) is 8.13. The maximum Gasteiger partial charge on any atom is 0.312 e. The van der Waals surface area contributed by atoms with Gasteiger partial charge in [-0.25, -0.2) is 0 Å². The highest BCUT2D eigenvalue weighted by Crippen LogP contribution is 2.48. The lowest BCUT2D eigenvalue weighted by Gasteiger charge is -2.11. The van der Waals surface area contributed by atoms with Crippen LogP contribution in [0.4, 0.5) is 5.69 Å². The van der Waals surface area contributed by atoms with Crippen LogP contribution in [0.15, 0.2) is 16.6 Å². The molecule has 17 heavy (non-hydrogen) atoms. The van der Waals surface area contributed by atoms with Gasteiger partial charge in [-0.2, -0.15) is 0 Å². The average Bonchev–Trinajstić information content (AvgIpc) is 3.10. The molecule has 0 amide bonds. The lowest BCUT2D eigenvalue weighted by molar-refractivity contribution is -0.386. The molecule has 1 aromatic carbocycles. The number of hydrogen-bond acceptors (Lipinski definition) is 3. The van der Waals surface area contributed by atoms with Crippen molar-refractivity contribution in [3.05, 3.63) is 32.3 Å². The minimum atomic E-state index is -0.373. The number of nitro groups is 1. The van der Waals surface area contributed by atoms with Gasteiger partial charge in [0, 0.05) is 16.1 Å². The minimum absolute atomic E-state index is 0.0646. The van der Waals surface area contributed by atoms with Crippen molar-refractivity contribution in [3.63, 3.8) is 0 Å². The molecule has 0 atom stereocenters. The topological polar surface area (TPSA) is 52.4 Å². The molecule has 1 aliphatic carbocycles. The Kier molecular flexibility index (Phi) is 3.66. The van der Waals surface area contributed by atoms with Gasteiger partial charge in [-0.1, -0.05) is 22.9 Å². The first-order valence-electron chi connectivity index (χ1n) is 5.74. The van der Waals surface area contributed by atoms with Gasteiger partial charge in [0.15, 0.2) is 0 Å². The third kappa shape index (κ3) is 2.77. The summed E-state index contributed by atoms with van der Waals surface area (Å²) in [6, 6.07) is 3.45. The van der Waals surface area contributed by atoms with E-state index in [1.54, 1.807) is 0 Å². The molecule has 1 saturated carbocycles. The summed E-state index contributed by atoms with van der Waals surface area (Å²) in [6.07, 6.45) is 3.03. The molecule has 0 N–H and O–H groups in total. The predicted molar refractivity (Wildman–Crippen MR) is 68.6 cm³/mol. The van der Waals surface area contributed by atoms with E-state index < -0.39 is 0 Å². The lowest BCUT2D eigenvalue weighted by Crippen LogP contribution is -2.02. The fourth-order valence-electron chi connectivity index (χ4n) is 1.79. The molecule has 0 bridgehead atoms. The van der Waals surface area contributed by atoms with E-state index in [9.17, 15) is 10.1 Å². The second-order valence-electron chi connectivity index (χ2n) is 4.22. The third-order valence-electron chi connectivity index (χ3n) is 2.73. The Bertz CT molecular complexity index is 444. The van der Waals surface area contributed by atoms with Gasteiger partial charge in [0.05, 0.1) is 11.5 Å². The van der Waals surface area contributed by atoms with Gasteiger partial charge in [0.2, 0.25) is 5.75 Å². The minimum Gasteiger partial charge on any atom is -0.487 e. The number of ether oxygens (including phenoxy) is 1. The fraction of sp³-hybridized carbons (Fsp3) is 0.500. The monoisotopic (exact) mass is 299 g/mol. The Morgan fingerprint density at radius 3 is 2.76 bits per heavy atom. The van der Waals surface area contributed by atoms with Crippen LogP contribution in [0.2, 0.25) is 0 Å². The Morgan fingerprint density at radius 2 is 2.24 bits per heavy atom. The van der Waals surface area contributed by atoms with Crippen LogP contribution < -0.4 is 4.74 Å². The quantitative estimate of drug-likeness (QED) is 0.609. The van der Waals surface area contributed by atoms with E-state index >= 15 is 0 Å². The standard InChI is InChI=1S/C12H14BrNO3/c1-2-5-17-12-10(8-3-4-8)6-9(13)7-11(12)14(15)16/h6-8H,2-5H2,1H3. The number of hydrogen-bond donors (Lipinski definition) is 0. The van der Waals surface area contributed by atoms with Gasteiger partial charge >= 0.3 is 5.69 Å². The van der Waals surface area contributed by atoms with E-state index in [2.05, 4.69) is 15.9 Å². The van der Waals surface area contributed by atoms with E-state index in [4.69, 9.17) is 4.74 Å². The Balaban J connectivity index is 2.44. The Hall–Kier alpha value is -1.10. The summed E-state index contributed by atoms with van der Waals surface area (Å²) in [6.45, 7) is 2.50. The highest BCUT2D eigenvalue weighted by atomic mass is 79.9. The van der Waals surface area contributed by atoms with E-state index in [1.807, 2.05) is 13.0 Å². The van der Waals surface area contributed by atoms with Crippen LogP contribution in [0.5, 0.6) is 5.75 Å². The smallest absolute Gasteiger partial charge is 0.312 e. The molecule has 1 aromatic rings. The molecular weight excluding hydrogens is 286 g/mol. The molecule has 2 rings (SSSR count). The summed E-state index contributed by atoms with van der Waals surface area (Å²) in [5, 5.41) is 11.0. The summed E-state index contributed by atoms with van der Waals surface area (Å²) < 4.78 is 6.32. The normalized spacial score (nSPS) is 14.7. The van der Waals surface area contributed by atoms with Crippen LogP contribution in [-0.2, 0) is 0 Å². The first kappa shape index (κ1) is 12.4. The zero-order chi connectivity index (χ0) is 12.4. The number of rotatable bonds is 5. The Labute approximate surface area is 108 Å². The maximum absolute atomic E-state index is 11.0. The molecule has 92 valence electrons. The Morgan fingerprint density at radius 1 is 1.53 bits per heavy atom. The van der Waals surface area contributed by atoms with Crippen molar-refractivity contribution >= 4 is 21.6 Å². The second-order valence-corrected chi connectivity index (χ2v) is 5.14. The summed E-state index contributed by atoms with van der Waals surface area (Å²) in [5.41, 5.74) is 1.04. The SMILES string of the molecule is CCCOc1c(C2CC2)cc(Br)cc1[N+](=O)[O-]. The van der Waals surface area contributed by atoms with Crippen LogP contribution in [0, 0.1) is 10.1 Å². The van der Waals surface area contributed by atoms with Gasteiger partial charge in [-0.15, -0.1) is 0 Å². The fourth-order valence-corrected chi connectivity index (χ4v) is 2.26. The van der Waals surface area contributed by atoms with Gasteiger partial charge in [0.1, 0.15) is 0 Å². The van der Waals surface area contributed by atoms with Gasteiger partial charge in [0.25, 0.3) is 0 Å². The molecule has 5 heteroatoms. The van der Waals surface area contributed by atoms with E-state index in [0.717, 1.165) is 29.3 Å². The molecule has 1 fully saturated rings. The van der Waals surface area contributed by atoms with Crippen molar-refractivity contribution < 1.29 is 9.66 Å². The van der Waals surface area contributed by atoms with Gasteiger partial charge in [-0.3, -0.25) is 10.1 Å². The molecule has 0 saturated heterocycles. The molecule has 0 spiro atoms. The number of nitro benzene ring substituents is 1. The second kappa shape index (κ2) is 5.04. The van der Waals surface area contributed by atoms with Crippen LogP contribution in [0.25, 0.3) is 0 Å². The molecular formula is C12H14BrNO3. The molecule has 0 aromatic heterocycles. The summed E-state index contributed by atoms with van der Waals surface area (Å²) in [5.74, 6) is 0.889. The van der Waals surface area contributed by atoms with E-state index in [-0.39, 0.29) is 10.6 Å². The summed E-state index contributed by atoms with van der Waals surface area (Å²) >= 11 is 3.32. The summed E-state index contributed by atoms with van der Waals surface area (Å²) in [7, 11) is 0. The van der Waals surface area contributed by atoms with Crippen molar-refractivity contribution in [1.82, 2.24) is 0 Å². The molecule has 0 heterocycles. The van der Waals surface area contributed by atoms with Crippen LogP contribution >= 0.6 is 15.9 Å². The molecule has 0 aliphatic heterocycles. The largest absolute Gasteiger partial charge is 0.487 e. The molecule has 1 aliphatic rings. The van der Waals surface area contributed by atoms with E-state index in [0.29, 0.717) is 18.3 Å². The summed E-state index contributed by atoms with van der Waals surface area (Å²) in [4.78, 5) is 10.7. The zero-order valence-corrected chi connectivity index (χ0v) is 11.2. The highest BCUT2D eigenvalue weighted by molar-refractivity contribution is 9.10. The molecule has 0 unspecified atom stereocenters. The van der Waals surface area contributed by atoms with Gasteiger partial charge < -0.3 is 4.74 Å². The van der Waals surface area contributed by atoms with Crippen LogP contribution in [-0.4, -0.2) is 11.5 Å². The van der Waals surface area contributed by atoms with Crippen molar-refractivity contribution in [2.75, 3.05) is 6.61 Å². The van der Waals surface area contributed by atoms with Crippen LogP contribution in [0.3, 0.4) is 0 Å². The lowest BCUT2D eigenvalue weighted by atomic mass is 10.1. The van der Waals surface area contributed by atoms with Crippen LogP contribution in [0.1, 0.15) is 37.7 Å². The molecule has 0 radical (unpaired) electrons. The average molecular weight is 300 g/mol. The number of halogens is 1. The zero-order valence-electron chi connectivity index (χ0n) is 9.61. The van der Waals surface area contributed by atoms with Crippen molar-refractivity contribution in [2.24, 2.45) is 0 Å². The number of benzene rings is 1. The predicted octanol–water partition coefficient (Wildman–Crippen LogP) is 4.02. The molecule has 4 nitrogen and oxygen atoms in total.